The monoisotopic (exact) mass is 287 g/mol. The molecular weight excluding hydrogens is 278 g/mol. The van der Waals surface area contributed by atoms with Crippen LogP contribution in [-0.4, -0.2) is 15.1 Å². The third-order valence-corrected chi connectivity index (χ3v) is 2.62. The highest BCUT2D eigenvalue weighted by Gasteiger charge is 2.11. The number of ether oxygens (including phenoxy) is 1. The van der Waals surface area contributed by atoms with Gasteiger partial charge in [-0.1, -0.05) is 5.16 Å². The quantitative estimate of drug-likeness (QED) is 0.524. The minimum Gasteiger partial charge on any atom is -0.484 e. The van der Waals surface area contributed by atoms with Gasteiger partial charge >= 0.3 is 0 Å². The van der Waals surface area contributed by atoms with Crippen LogP contribution in [0.3, 0.4) is 0 Å². The first-order valence-corrected chi connectivity index (χ1v) is 5.96. The van der Waals surface area contributed by atoms with Gasteiger partial charge in [0.15, 0.2) is 12.4 Å². The number of nitrogens with zero attached hydrogens (tertiary/aromatic N) is 3. The van der Waals surface area contributed by atoms with Crippen LogP contribution in [0.1, 0.15) is 5.89 Å². The number of benzene rings is 1. The zero-order chi connectivity index (χ0) is 14.7. The summed E-state index contributed by atoms with van der Waals surface area (Å²) in [6.45, 7) is 0.0610. The molecule has 0 aliphatic rings. The summed E-state index contributed by atoms with van der Waals surface area (Å²) >= 11 is 0. The van der Waals surface area contributed by atoms with Crippen molar-refractivity contribution in [1.29, 1.82) is 0 Å². The maximum Gasteiger partial charge on any atom is 0.269 e. The summed E-state index contributed by atoms with van der Waals surface area (Å²) in [4.78, 5) is 14.2. The Morgan fingerprint density at radius 1 is 1.24 bits per heavy atom. The largest absolute Gasteiger partial charge is 0.484 e. The molecule has 1 aromatic carbocycles. The Kier molecular flexibility index (Phi) is 3.34. The average molecular weight is 287 g/mol. The molecule has 0 amide bonds. The number of aromatic nitrogens is 2. The van der Waals surface area contributed by atoms with Crippen molar-refractivity contribution in [3.05, 3.63) is 58.7 Å². The van der Waals surface area contributed by atoms with Gasteiger partial charge in [-0.25, -0.2) is 0 Å². The third-order valence-electron chi connectivity index (χ3n) is 2.62. The predicted octanol–water partition coefficient (Wildman–Crippen LogP) is 2.82. The second-order valence-electron chi connectivity index (χ2n) is 4.03. The van der Waals surface area contributed by atoms with E-state index in [9.17, 15) is 10.1 Å². The molecule has 0 unspecified atom stereocenters. The first-order chi connectivity index (χ1) is 10.2. The molecule has 0 bridgehead atoms. The summed E-state index contributed by atoms with van der Waals surface area (Å²) in [5.74, 6) is 1.58. The van der Waals surface area contributed by atoms with Crippen LogP contribution in [0.2, 0.25) is 0 Å². The topological polar surface area (TPSA) is 104 Å². The van der Waals surface area contributed by atoms with E-state index in [1.807, 2.05) is 0 Å². The maximum atomic E-state index is 10.5. The van der Waals surface area contributed by atoms with Crippen molar-refractivity contribution in [1.82, 2.24) is 10.1 Å². The fraction of sp³-hybridized carbons (Fsp3) is 0.0769. The summed E-state index contributed by atoms with van der Waals surface area (Å²) in [7, 11) is 0. The Hall–Kier alpha value is -3.16. The van der Waals surface area contributed by atoms with Crippen molar-refractivity contribution in [2.24, 2.45) is 0 Å². The second-order valence-corrected chi connectivity index (χ2v) is 4.03. The van der Waals surface area contributed by atoms with E-state index in [1.165, 1.54) is 30.5 Å². The zero-order valence-electron chi connectivity index (χ0n) is 10.6. The first-order valence-electron chi connectivity index (χ1n) is 5.96. The number of furan rings is 1. The normalized spacial score (nSPS) is 10.5. The molecule has 0 fully saturated rings. The van der Waals surface area contributed by atoms with Gasteiger partial charge in [0.2, 0.25) is 5.82 Å². The molecule has 8 heteroatoms. The maximum absolute atomic E-state index is 10.5. The Labute approximate surface area is 118 Å². The summed E-state index contributed by atoms with van der Waals surface area (Å²) in [6, 6.07) is 9.16. The molecule has 0 aliphatic carbocycles. The first kappa shape index (κ1) is 12.9. The van der Waals surface area contributed by atoms with E-state index in [4.69, 9.17) is 13.7 Å². The van der Waals surface area contributed by atoms with Gasteiger partial charge in [-0.15, -0.1) is 0 Å². The molecular formula is C13H9N3O5. The molecule has 2 heterocycles. The van der Waals surface area contributed by atoms with Crippen molar-refractivity contribution in [2.45, 2.75) is 6.61 Å². The van der Waals surface area contributed by atoms with Crippen LogP contribution in [-0.2, 0) is 6.61 Å². The van der Waals surface area contributed by atoms with Crippen molar-refractivity contribution >= 4 is 5.69 Å². The lowest BCUT2D eigenvalue weighted by molar-refractivity contribution is -0.384. The molecule has 21 heavy (non-hydrogen) atoms. The van der Waals surface area contributed by atoms with E-state index in [-0.39, 0.29) is 18.2 Å². The summed E-state index contributed by atoms with van der Waals surface area (Å²) in [6.07, 6.45) is 1.51. The second kappa shape index (κ2) is 5.45. The van der Waals surface area contributed by atoms with E-state index in [0.29, 0.717) is 17.3 Å². The molecule has 0 radical (unpaired) electrons. The minimum atomic E-state index is -0.475. The molecule has 0 atom stereocenters. The lowest BCUT2D eigenvalue weighted by Crippen LogP contribution is -1.96. The molecule has 3 aromatic rings. The van der Waals surface area contributed by atoms with E-state index in [1.54, 1.807) is 12.1 Å². The summed E-state index contributed by atoms with van der Waals surface area (Å²) < 4.78 is 15.6. The zero-order valence-corrected chi connectivity index (χ0v) is 10.6. The Balaban J connectivity index is 1.64. The highest BCUT2D eigenvalue weighted by atomic mass is 16.6. The van der Waals surface area contributed by atoms with Gasteiger partial charge in [-0.2, -0.15) is 4.98 Å². The van der Waals surface area contributed by atoms with Crippen LogP contribution in [0.4, 0.5) is 5.69 Å². The van der Waals surface area contributed by atoms with Crippen LogP contribution in [0, 0.1) is 10.1 Å². The molecule has 0 N–H and O–H groups in total. The van der Waals surface area contributed by atoms with Gasteiger partial charge in [0.05, 0.1) is 11.2 Å². The fourth-order valence-corrected chi connectivity index (χ4v) is 1.63. The Bertz CT molecular complexity index is 734. The van der Waals surface area contributed by atoms with Crippen LogP contribution in [0.5, 0.6) is 5.75 Å². The molecule has 106 valence electrons. The van der Waals surface area contributed by atoms with E-state index in [0.717, 1.165) is 0 Å². The third kappa shape index (κ3) is 2.89. The molecule has 2 aromatic heterocycles. The van der Waals surface area contributed by atoms with Gasteiger partial charge in [-0.3, -0.25) is 10.1 Å². The molecule has 3 rings (SSSR count). The highest BCUT2D eigenvalue weighted by molar-refractivity contribution is 5.44. The van der Waals surface area contributed by atoms with Crippen LogP contribution >= 0.6 is 0 Å². The number of hydrogen-bond acceptors (Lipinski definition) is 7. The van der Waals surface area contributed by atoms with Crippen molar-refractivity contribution in [3.8, 4) is 17.3 Å². The van der Waals surface area contributed by atoms with Crippen molar-refractivity contribution in [3.63, 3.8) is 0 Å². The van der Waals surface area contributed by atoms with Crippen molar-refractivity contribution < 1.29 is 18.6 Å². The predicted molar refractivity (Wildman–Crippen MR) is 69.4 cm³/mol. The smallest absolute Gasteiger partial charge is 0.269 e. The Morgan fingerprint density at radius 2 is 2.05 bits per heavy atom. The van der Waals surface area contributed by atoms with Crippen LogP contribution in [0.15, 0.2) is 51.6 Å². The van der Waals surface area contributed by atoms with Gasteiger partial charge in [0.25, 0.3) is 11.6 Å². The van der Waals surface area contributed by atoms with E-state index >= 15 is 0 Å². The average Bonchev–Trinajstić information content (AvgIpc) is 3.16. The molecule has 0 saturated carbocycles. The van der Waals surface area contributed by atoms with Gasteiger partial charge < -0.3 is 13.7 Å². The highest BCUT2D eigenvalue weighted by Crippen LogP contribution is 2.19. The standard InChI is InChI=1S/C13H9N3O5/c17-16(18)9-3-5-10(6-4-9)20-8-12-14-13(15-21-12)11-2-1-7-19-11/h1-7H,8H2. The molecule has 0 spiro atoms. The fourth-order valence-electron chi connectivity index (χ4n) is 1.63. The Morgan fingerprint density at radius 3 is 2.71 bits per heavy atom. The SMILES string of the molecule is O=[N+]([O-])c1ccc(OCc2nc(-c3ccco3)no2)cc1. The van der Waals surface area contributed by atoms with Gasteiger partial charge in [0, 0.05) is 12.1 Å². The number of non-ortho nitro benzene ring substituents is 1. The molecule has 0 aliphatic heterocycles. The molecule has 0 saturated heterocycles. The number of nitro groups is 1. The van der Waals surface area contributed by atoms with Gasteiger partial charge in [0.1, 0.15) is 5.75 Å². The number of nitro benzene ring substituents is 1. The number of hydrogen-bond donors (Lipinski definition) is 0. The van der Waals surface area contributed by atoms with Crippen LogP contribution < -0.4 is 4.74 Å². The summed E-state index contributed by atoms with van der Waals surface area (Å²) in [5, 5.41) is 14.3. The van der Waals surface area contributed by atoms with Crippen LogP contribution in [0.25, 0.3) is 11.6 Å². The lowest BCUT2D eigenvalue weighted by Gasteiger charge is -2.01. The van der Waals surface area contributed by atoms with E-state index < -0.39 is 4.92 Å². The van der Waals surface area contributed by atoms with Gasteiger partial charge in [-0.05, 0) is 24.3 Å². The minimum absolute atomic E-state index is 0.000228. The number of rotatable bonds is 5. The molecule has 8 nitrogen and oxygen atoms in total. The summed E-state index contributed by atoms with van der Waals surface area (Å²) in [5.41, 5.74) is 0.000228. The van der Waals surface area contributed by atoms with Crippen molar-refractivity contribution in [2.75, 3.05) is 0 Å². The lowest BCUT2D eigenvalue weighted by atomic mass is 10.3. The van der Waals surface area contributed by atoms with E-state index in [2.05, 4.69) is 10.1 Å².